The molecule has 0 saturated carbocycles. The molecule has 0 radical (unpaired) electrons. The predicted octanol–water partition coefficient (Wildman–Crippen LogP) is 3.76. The van der Waals surface area contributed by atoms with Crippen LogP contribution in [-0.4, -0.2) is 14.5 Å². The van der Waals surface area contributed by atoms with Crippen LogP contribution in [0.1, 0.15) is 5.56 Å². The second kappa shape index (κ2) is 5.74. The van der Waals surface area contributed by atoms with Gasteiger partial charge in [0.15, 0.2) is 0 Å². The smallest absolute Gasteiger partial charge is 0.266 e. The fourth-order valence-electron chi connectivity index (χ4n) is 2.80. The summed E-state index contributed by atoms with van der Waals surface area (Å²) in [5, 5.41) is 0.617. The second-order valence-corrected chi connectivity index (χ2v) is 5.67. The molecule has 0 atom stereocenters. The number of aromatic nitrogens is 3. The van der Waals surface area contributed by atoms with Crippen molar-refractivity contribution in [3.8, 4) is 17.1 Å². The van der Waals surface area contributed by atoms with Crippen molar-refractivity contribution in [3.63, 3.8) is 0 Å². The van der Waals surface area contributed by atoms with Crippen molar-refractivity contribution < 1.29 is 0 Å². The van der Waals surface area contributed by atoms with E-state index in [0.717, 1.165) is 16.8 Å². The van der Waals surface area contributed by atoms with Crippen molar-refractivity contribution in [2.45, 2.75) is 6.92 Å². The Hall–Kier alpha value is -3.27. The van der Waals surface area contributed by atoms with E-state index in [1.165, 1.54) is 0 Å². The van der Waals surface area contributed by atoms with Gasteiger partial charge in [-0.1, -0.05) is 29.8 Å². The Balaban J connectivity index is 2.14. The van der Waals surface area contributed by atoms with Crippen LogP contribution in [0.5, 0.6) is 0 Å². The van der Waals surface area contributed by atoms with Gasteiger partial charge >= 0.3 is 0 Å². The van der Waals surface area contributed by atoms with E-state index in [1.54, 1.807) is 17.0 Å². The highest BCUT2D eigenvalue weighted by Gasteiger charge is 2.14. The predicted molar refractivity (Wildman–Crippen MR) is 95.3 cm³/mol. The fourth-order valence-corrected chi connectivity index (χ4v) is 2.80. The molecule has 0 aliphatic rings. The molecular formula is C20H15N3O. The van der Waals surface area contributed by atoms with Crippen molar-refractivity contribution in [2.24, 2.45) is 0 Å². The summed E-state index contributed by atoms with van der Waals surface area (Å²) in [4.78, 5) is 22.1. The van der Waals surface area contributed by atoms with E-state index in [9.17, 15) is 4.79 Å². The quantitative estimate of drug-likeness (QED) is 0.566. The molecule has 0 N–H and O–H groups in total. The summed E-state index contributed by atoms with van der Waals surface area (Å²) in [7, 11) is 0. The summed E-state index contributed by atoms with van der Waals surface area (Å²) in [6.07, 6.45) is 3.43. The van der Waals surface area contributed by atoms with E-state index in [2.05, 4.69) is 4.98 Å². The molecule has 4 aromatic rings. The van der Waals surface area contributed by atoms with Gasteiger partial charge in [0.25, 0.3) is 5.56 Å². The largest absolute Gasteiger partial charge is 0.268 e. The molecule has 0 aliphatic carbocycles. The molecule has 2 aromatic heterocycles. The molecule has 116 valence electrons. The molecule has 0 aliphatic heterocycles. The Bertz CT molecular complexity index is 1070. The number of pyridine rings is 1. The fraction of sp³-hybridized carbons (Fsp3) is 0.0500. The number of fused-ring (bicyclic) bond motifs is 1. The van der Waals surface area contributed by atoms with E-state index in [-0.39, 0.29) is 5.56 Å². The lowest BCUT2D eigenvalue weighted by atomic mass is 10.1. The summed E-state index contributed by atoms with van der Waals surface area (Å²) in [5.41, 5.74) is 3.25. The monoisotopic (exact) mass is 313 g/mol. The van der Waals surface area contributed by atoms with Crippen LogP contribution in [-0.2, 0) is 0 Å². The van der Waals surface area contributed by atoms with Crippen LogP contribution in [0.2, 0.25) is 0 Å². The maximum absolute atomic E-state index is 13.2. The number of aryl methyl sites for hydroxylation is 1. The van der Waals surface area contributed by atoms with Gasteiger partial charge in [0.05, 0.1) is 16.6 Å². The minimum atomic E-state index is -0.0752. The molecule has 0 saturated heterocycles. The number of para-hydroxylation sites is 1. The van der Waals surface area contributed by atoms with Gasteiger partial charge in [0.1, 0.15) is 5.82 Å². The van der Waals surface area contributed by atoms with Crippen molar-refractivity contribution in [3.05, 3.63) is 89.0 Å². The zero-order chi connectivity index (χ0) is 16.5. The molecule has 4 rings (SSSR count). The molecule has 0 spiro atoms. The molecule has 0 unspecified atom stereocenters. The lowest BCUT2D eigenvalue weighted by Crippen LogP contribution is -2.22. The zero-order valence-electron chi connectivity index (χ0n) is 13.2. The topological polar surface area (TPSA) is 47.8 Å². The summed E-state index contributed by atoms with van der Waals surface area (Å²) < 4.78 is 1.65. The van der Waals surface area contributed by atoms with Crippen LogP contribution in [0.4, 0.5) is 0 Å². The molecule has 2 heterocycles. The van der Waals surface area contributed by atoms with Crippen LogP contribution in [0.15, 0.2) is 77.9 Å². The van der Waals surface area contributed by atoms with E-state index in [4.69, 9.17) is 4.98 Å². The van der Waals surface area contributed by atoms with Gasteiger partial charge in [-0.15, -0.1) is 0 Å². The third kappa shape index (κ3) is 2.38. The van der Waals surface area contributed by atoms with Crippen molar-refractivity contribution in [1.29, 1.82) is 0 Å². The average Bonchev–Trinajstić information content (AvgIpc) is 2.63. The first-order valence-electron chi connectivity index (χ1n) is 7.73. The highest BCUT2D eigenvalue weighted by Crippen LogP contribution is 2.21. The molecule has 4 heteroatoms. The SMILES string of the molecule is Cc1ccc2nc(-c3cccnc3)n(-c3ccccc3)c(=O)c2c1. The third-order valence-electron chi connectivity index (χ3n) is 3.96. The number of hydrogen-bond acceptors (Lipinski definition) is 3. The molecule has 0 bridgehead atoms. The summed E-state index contributed by atoms with van der Waals surface area (Å²) in [5.74, 6) is 0.593. The lowest BCUT2D eigenvalue weighted by Gasteiger charge is -2.13. The molecule has 4 nitrogen and oxygen atoms in total. The average molecular weight is 313 g/mol. The number of benzene rings is 2. The van der Waals surface area contributed by atoms with Gasteiger partial charge < -0.3 is 0 Å². The Morgan fingerprint density at radius 3 is 2.54 bits per heavy atom. The van der Waals surface area contributed by atoms with Gasteiger partial charge in [-0.2, -0.15) is 0 Å². The maximum atomic E-state index is 13.2. The first-order chi connectivity index (χ1) is 11.7. The van der Waals surface area contributed by atoms with E-state index in [1.807, 2.05) is 67.6 Å². The van der Waals surface area contributed by atoms with Crippen molar-refractivity contribution >= 4 is 10.9 Å². The summed E-state index contributed by atoms with van der Waals surface area (Å²) in [6, 6.07) is 19.1. The van der Waals surface area contributed by atoms with Crippen molar-refractivity contribution in [1.82, 2.24) is 14.5 Å². The van der Waals surface area contributed by atoms with Gasteiger partial charge in [-0.05, 0) is 43.3 Å². The van der Waals surface area contributed by atoms with Crippen LogP contribution in [0.3, 0.4) is 0 Å². The Labute approximate surface area is 139 Å². The van der Waals surface area contributed by atoms with E-state index in [0.29, 0.717) is 16.7 Å². The molecule has 0 amide bonds. The normalized spacial score (nSPS) is 10.9. The summed E-state index contributed by atoms with van der Waals surface area (Å²) in [6.45, 7) is 1.97. The van der Waals surface area contributed by atoms with Crippen LogP contribution < -0.4 is 5.56 Å². The number of hydrogen-bond donors (Lipinski definition) is 0. The minimum Gasteiger partial charge on any atom is -0.268 e. The number of rotatable bonds is 2. The van der Waals surface area contributed by atoms with Gasteiger partial charge in [0, 0.05) is 18.0 Å². The molecular weight excluding hydrogens is 298 g/mol. The van der Waals surface area contributed by atoms with Crippen LogP contribution >= 0.6 is 0 Å². The highest BCUT2D eigenvalue weighted by atomic mass is 16.1. The van der Waals surface area contributed by atoms with Crippen LogP contribution in [0, 0.1) is 6.92 Å². The summed E-state index contributed by atoms with van der Waals surface area (Å²) >= 11 is 0. The molecule has 24 heavy (non-hydrogen) atoms. The first-order valence-corrected chi connectivity index (χ1v) is 7.73. The third-order valence-corrected chi connectivity index (χ3v) is 3.96. The minimum absolute atomic E-state index is 0.0752. The van der Waals surface area contributed by atoms with E-state index < -0.39 is 0 Å². The van der Waals surface area contributed by atoms with Crippen molar-refractivity contribution in [2.75, 3.05) is 0 Å². The highest BCUT2D eigenvalue weighted by molar-refractivity contribution is 5.81. The van der Waals surface area contributed by atoms with E-state index >= 15 is 0 Å². The standard InChI is InChI=1S/C20H15N3O/c1-14-9-10-18-17(12-14)20(24)23(16-7-3-2-4-8-16)19(22-18)15-6-5-11-21-13-15/h2-13H,1H3. The molecule has 2 aromatic carbocycles. The Morgan fingerprint density at radius 2 is 1.79 bits per heavy atom. The Kier molecular flexibility index (Phi) is 3.43. The lowest BCUT2D eigenvalue weighted by molar-refractivity contribution is 0.973. The Morgan fingerprint density at radius 1 is 0.958 bits per heavy atom. The number of nitrogens with zero attached hydrogens (tertiary/aromatic N) is 3. The zero-order valence-corrected chi connectivity index (χ0v) is 13.2. The maximum Gasteiger partial charge on any atom is 0.266 e. The van der Waals surface area contributed by atoms with Gasteiger partial charge in [-0.25, -0.2) is 4.98 Å². The van der Waals surface area contributed by atoms with Gasteiger partial charge in [0.2, 0.25) is 0 Å². The second-order valence-electron chi connectivity index (χ2n) is 5.67. The first kappa shape index (κ1) is 14.3. The van der Waals surface area contributed by atoms with Crippen LogP contribution in [0.25, 0.3) is 28.0 Å². The molecule has 0 fully saturated rings. The van der Waals surface area contributed by atoms with Gasteiger partial charge in [-0.3, -0.25) is 14.3 Å².